The van der Waals surface area contributed by atoms with Crippen LogP contribution in [-0.4, -0.2) is 92.5 Å². The number of aryl methyl sites for hydroxylation is 2. The lowest BCUT2D eigenvalue weighted by atomic mass is 9.95. The van der Waals surface area contributed by atoms with Crippen LogP contribution in [0.3, 0.4) is 0 Å². The summed E-state index contributed by atoms with van der Waals surface area (Å²) in [4.78, 5) is 38.0. The molecule has 2 fully saturated rings. The van der Waals surface area contributed by atoms with Crippen LogP contribution in [0.15, 0.2) is 109 Å². The fourth-order valence-electron chi connectivity index (χ4n) is 8.10. The minimum atomic E-state index is -4.51. The average molecular weight is 1040 g/mol. The molecular formula is C58H55F7N4O6. The van der Waals surface area contributed by atoms with Gasteiger partial charge in [-0.1, -0.05) is 60.7 Å². The van der Waals surface area contributed by atoms with E-state index >= 15 is 0 Å². The Labute approximate surface area is 431 Å². The fraction of sp³-hybridized carbons (Fsp3) is 0.310. The van der Waals surface area contributed by atoms with Gasteiger partial charge >= 0.3 is 12.4 Å². The molecule has 17 heteroatoms. The number of pyridine rings is 2. The Morgan fingerprint density at radius 3 is 1.53 bits per heavy atom. The molecule has 2 aliphatic heterocycles. The average Bonchev–Trinajstić information content (AvgIpc) is 3.41. The number of aromatic nitrogens is 2. The molecule has 0 saturated carbocycles. The van der Waals surface area contributed by atoms with Gasteiger partial charge in [0, 0.05) is 86.5 Å². The van der Waals surface area contributed by atoms with Crippen LogP contribution in [-0.2, 0) is 34.7 Å². The quantitative estimate of drug-likeness (QED) is 0.0372. The van der Waals surface area contributed by atoms with E-state index in [4.69, 9.17) is 32.2 Å². The first kappa shape index (κ1) is 56.7. The topological polar surface area (TPSA) is 114 Å². The number of terminal acetylenes is 2. The molecule has 0 bridgehead atoms. The molecular weight excluding hydrogens is 982 g/mol. The van der Waals surface area contributed by atoms with Crippen LogP contribution in [0.5, 0.6) is 5.88 Å². The van der Waals surface area contributed by atoms with E-state index in [0.29, 0.717) is 100 Å². The number of nitrogens with zero attached hydrogens (tertiary/aromatic N) is 4. The number of hydrogen-bond donors (Lipinski definition) is 1. The van der Waals surface area contributed by atoms with Crippen LogP contribution in [0, 0.1) is 44.5 Å². The van der Waals surface area contributed by atoms with Gasteiger partial charge in [-0.2, -0.15) is 30.7 Å². The molecule has 392 valence electrons. The summed E-state index contributed by atoms with van der Waals surface area (Å²) in [6.07, 6.45) is 5.08. The van der Waals surface area contributed by atoms with Gasteiger partial charge < -0.3 is 29.1 Å². The molecule has 0 atom stereocenters. The van der Waals surface area contributed by atoms with Gasteiger partial charge in [-0.05, 0) is 83.6 Å². The molecule has 0 spiro atoms. The van der Waals surface area contributed by atoms with E-state index in [1.54, 1.807) is 24.4 Å². The first-order chi connectivity index (χ1) is 35.9. The fourth-order valence-corrected chi connectivity index (χ4v) is 8.10. The summed E-state index contributed by atoms with van der Waals surface area (Å²) in [6.45, 7) is 9.04. The number of benzene rings is 4. The summed E-state index contributed by atoms with van der Waals surface area (Å²) < 4.78 is 109. The van der Waals surface area contributed by atoms with Crippen LogP contribution in [0.25, 0.3) is 22.3 Å². The Hall–Kier alpha value is -7.57. The predicted molar refractivity (Wildman–Crippen MR) is 273 cm³/mol. The highest BCUT2D eigenvalue weighted by Crippen LogP contribution is 2.36. The Morgan fingerprint density at radius 1 is 0.640 bits per heavy atom. The molecule has 2 aromatic heterocycles. The van der Waals surface area contributed by atoms with Crippen LogP contribution in [0.2, 0.25) is 0 Å². The van der Waals surface area contributed by atoms with Gasteiger partial charge in [0.15, 0.2) is 11.6 Å². The largest absolute Gasteiger partial charge is 0.475 e. The normalized spacial score (nSPS) is 13.5. The second-order valence-corrected chi connectivity index (χ2v) is 17.4. The standard InChI is InChI=1S/C29H27F3N2O3.C25H22F4N2O2.C4H6O/c1-3-4-12-37-28-26(34-10-13-36-14-11-34)18-23(19-33-28)25-15-21(9-8-20(25)2)16-27(35)22-6-5-7-24(17-22)29(30,31)32;1-16-5-6-17(12-23(32)18-3-2-4-20(13-18)25(27,28)29)11-21(16)19-14-22(24(26)30-15-19)31-7-9-33-10-8-31;1-2-3-4-5/h1,5-9,15,17-19H,4,10-14,16H2,2H3;2-6,11,13-15H,7-10,12H2,1H3;1,5H,3-4H2. The summed E-state index contributed by atoms with van der Waals surface area (Å²) in [7, 11) is 0. The third kappa shape index (κ3) is 16.0. The van der Waals surface area contributed by atoms with E-state index in [9.17, 15) is 40.3 Å². The van der Waals surface area contributed by atoms with Crippen molar-refractivity contribution in [1.82, 2.24) is 9.97 Å². The summed E-state index contributed by atoms with van der Waals surface area (Å²) in [5, 5.41) is 7.92. The molecule has 6 aromatic rings. The third-order valence-electron chi connectivity index (χ3n) is 12.1. The van der Waals surface area contributed by atoms with E-state index in [2.05, 4.69) is 26.7 Å². The van der Waals surface area contributed by atoms with Crippen molar-refractivity contribution < 1.29 is 59.6 Å². The Kier molecular flexibility index (Phi) is 20.1. The number of morpholine rings is 2. The summed E-state index contributed by atoms with van der Waals surface area (Å²) in [5.74, 6) is 3.96. The number of aliphatic hydroxyl groups is 1. The predicted octanol–water partition coefficient (Wildman–Crippen LogP) is 11.2. The summed E-state index contributed by atoms with van der Waals surface area (Å²) in [5.41, 5.74) is 6.01. The maximum absolute atomic E-state index is 14.4. The first-order valence-corrected chi connectivity index (χ1v) is 23.9. The number of carbonyl (C=O) groups excluding carboxylic acids is 2. The smallest absolute Gasteiger partial charge is 0.416 e. The zero-order chi connectivity index (χ0) is 54.1. The zero-order valence-corrected chi connectivity index (χ0v) is 41.4. The van der Waals surface area contributed by atoms with Gasteiger partial charge in [0.25, 0.3) is 0 Å². The Morgan fingerprint density at radius 2 is 1.09 bits per heavy atom. The van der Waals surface area contributed by atoms with E-state index in [1.165, 1.54) is 30.5 Å². The molecule has 2 saturated heterocycles. The Bertz CT molecular complexity index is 3010. The van der Waals surface area contributed by atoms with Crippen molar-refractivity contribution in [2.24, 2.45) is 0 Å². The van der Waals surface area contributed by atoms with Crippen LogP contribution in [0.4, 0.5) is 42.1 Å². The molecule has 1 N–H and O–H groups in total. The van der Waals surface area contributed by atoms with Crippen molar-refractivity contribution in [3.8, 4) is 52.8 Å². The second kappa shape index (κ2) is 26.6. The van der Waals surface area contributed by atoms with E-state index < -0.39 is 35.2 Å². The number of ether oxygens (including phenoxy) is 3. The third-order valence-corrected chi connectivity index (χ3v) is 12.1. The van der Waals surface area contributed by atoms with Gasteiger partial charge in [-0.3, -0.25) is 9.59 Å². The number of rotatable bonds is 14. The lowest BCUT2D eigenvalue weighted by Crippen LogP contribution is -2.36. The zero-order valence-electron chi connectivity index (χ0n) is 41.4. The van der Waals surface area contributed by atoms with E-state index in [0.717, 1.165) is 57.8 Å². The van der Waals surface area contributed by atoms with E-state index in [1.807, 2.05) is 49.1 Å². The lowest BCUT2D eigenvalue weighted by molar-refractivity contribution is -0.138. The van der Waals surface area contributed by atoms with Gasteiger partial charge in [-0.25, -0.2) is 9.97 Å². The van der Waals surface area contributed by atoms with Crippen molar-refractivity contribution in [3.63, 3.8) is 0 Å². The van der Waals surface area contributed by atoms with Gasteiger partial charge in [0.05, 0.1) is 49.8 Å². The minimum absolute atomic E-state index is 0.00463. The number of alkyl halides is 6. The second-order valence-electron chi connectivity index (χ2n) is 17.4. The molecule has 0 amide bonds. The van der Waals surface area contributed by atoms with Crippen molar-refractivity contribution in [1.29, 1.82) is 0 Å². The SMILES string of the molecule is C#CCCO.C#CCCOc1ncc(-c2cc(CC(=O)c3cccc(C(F)(F)F)c3)ccc2C)cc1N1CCOCC1.Cc1ccc(CC(=O)c2cccc(C(F)(F)F)c2)cc1-c1cnc(F)c(N2CCOCC2)c1. The van der Waals surface area contributed by atoms with Crippen LogP contribution >= 0.6 is 0 Å². The molecule has 2 aliphatic rings. The van der Waals surface area contributed by atoms with Crippen LogP contribution < -0.4 is 14.5 Å². The van der Waals surface area contributed by atoms with Crippen molar-refractivity contribution in [2.75, 3.05) is 75.6 Å². The molecule has 4 aromatic carbocycles. The van der Waals surface area contributed by atoms with Gasteiger partial charge in [0.2, 0.25) is 11.8 Å². The number of Topliss-reactive ketones (excluding diaryl/α,β-unsaturated/α-hetero) is 2. The molecule has 0 radical (unpaired) electrons. The molecule has 8 rings (SSSR count). The number of aliphatic hydroxyl groups excluding tert-OH is 1. The number of halogens is 7. The first-order valence-electron chi connectivity index (χ1n) is 23.9. The number of ketones is 2. The number of carbonyl (C=O) groups is 2. The van der Waals surface area contributed by atoms with Crippen molar-refractivity contribution >= 4 is 22.9 Å². The minimum Gasteiger partial charge on any atom is -0.475 e. The van der Waals surface area contributed by atoms with E-state index in [-0.39, 0.29) is 36.4 Å². The van der Waals surface area contributed by atoms with Crippen molar-refractivity contribution in [3.05, 3.63) is 160 Å². The number of anilines is 2. The van der Waals surface area contributed by atoms with Gasteiger partial charge in [0.1, 0.15) is 12.3 Å². The molecule has 4 heterocycles. The molecule has 0 unspecified atom stereocenters. The monoisotopic (exact) mass is 1040 g/mol. The van der Waals surface area contributed by atoms with Crippen molar-refractivity contribution in [2.45, 2.75) is 51.9 Å². The maximum Gasteiger partial charge on any atom is 0.416 e. The van der Waals surface area contributed by atoms with Crippen LogP contribution in [0.1, 0.15) is 66.9 Å². The van der Waals surface area contributed by atoms with Gasteiger partial charge in [-0.15, -0.1) is 24.7 Å². The highest BCUT2D eigenvalue weighted by Gasteiger charge is 2.32. The molecule has 0 aliphatic carbocycles. The molecule has 10 nitrogen and oxygen atoms in total. The molecule has 75 heavy (non-hydrogen) atoms. The number of hydrogen-bond acceptors (Lipinski definition) is 10. The Balaban J connectivity index is 0.000000225. The lowest BCUT2D eigenvalue weighted by Gasteiger charge is -2.30. The summed E-state index contributed by atoms with van der Waals surface area (Å²) >= 11 is 0. The summed E-state index contributed by atoms with van der Waals surface area (Å²) in [6, 6.07) is 23.7. The highest BCUT2D eigenvalue weighted by atomic mass is 19.4. The maximum atomic E-state index is 14.4. The highest BCUT2D eigenvalue weighted by molar-refractivity contribution is 5.98.